The van der Waals surface area contributed by atoms with Crippen LogP contribution in [-0.4, -0.2) is 11.5 Å². The quantitative estimate of drug-likeness (QED) is 0.574. The molecule has 0 aromatic heterocycles. The molecule has 0 bridgehead atoms. The van der Waals surface area contributed by atoms with E-state index < -0.39 is 0 Å². The molecule has 1 aliphatic rings. The Labute approximate surface area is 152 Å². The smallest absolute Gasteiger partial charge is 0.214 e. The van der Waals surface area contributed by atoms with Gasteiger partial charge in [-0.2, -0.15) is 5.10 Å². The van der Waals surface area contributed by atoms with E-state index in [9.17, 15) is 4.79 Å². The Morgan fingerprint density at radius 3 is 2.17 bits per heavy atom. The maximum atomic E-state index is 12.7. The van der Waals surface area contributed by atoms with Crippen LogP contribution >= 0.6 is 34.8 Å². The van der Waals surface area contributed by atoms with Gasteiger partial charge in [-0.3, -0.25) is 10.2 Å². The zero-order chi connectivity index (χ0) is 16.8. The Balaban J connectivity index is 1.81. The molecule has 0 saturated heterocycles. The second kappa shape index (κ2) is 5.78. The number of nitrogens with one attached hydrogen (secondary N) is 1. The fraction of sp³-hybridized carbons (Fsp3) is 0. The van der Waals surface area contributed by atoms with Crippen LogP contribution in [0.2, 0.25) is 15.1 Å². The minimum absolute atomic E-state index is 0.129. The van der Waals surface area contributed by atoms with Crippen LogP contribution < -0.4 is 5.43 Å². The van der Waals surface area contributed by atoms with Crippen LogP contribution in [0.1, 0.15) is 15.9 Å². The van der Waals surface area contributed by atoms with Crippen LogP contribution in [0, 0.1) is 0 Å². The van der Waals surface area contributed by atoms with Gasteiger partial charge < -0.3 is 0 Å². The van der Waals surface area contributed by atoms with Crippen LogP contribution in [-0.2, 0) is 0 Å². The van der Waals surface area contributed by atoms with Gasteiger partial charge in [0.25, 0.3) is 0 Å². The van der Waals surface area contributed by atoms with Crippen molar-refractivity contribution in [2.45, 2.75) is 0 Å². The molecule has 0 aliphatic heterocycles. The summed E-state index contributed by atoms with van der Waals surface area (Å²) in [5.74, 6) is -0.129. The predicted octanol–water partition coefficient (Wildman–Crippen LogP) is 5.81. The molecular formula is C18H9Cl3N2O. The van der Waals surface area contributed by atoms with Crippen LogP contribution in [0.3, 0.4) is 0 Å². The molecule has 1 aliphatic carbocycles. The molecule has 0 spiro atoms. The summed E-state index contributed by atoms with van der Waals surface area (Å²) in [5.41, 5.74) is 4.99. The fourth-order valence-electron chi connectivity index (χ4n) is 2.85. The molecular weight excluding hydrogens is 367 g/mol. The summed E-state index contributed by atoms with van der Waals surface area (Å²) in [6, 6.07) is 14.5. The van der Waals surface area contributed by atoms with Crippen LogP contribution in [0.15, 0.2) is 53.6 Å². The molecule has 4 rings (SSSR count). The van der Waals surface area contributed by atoms with Crippen LogP contribution in [0.4, 0.5) is 5.69 Å². The third kappa shape index (κ3) is 2.37. The Bertz CT molecular complexity index is 1020. The number of nitrogens with zero attached hydrogens (tertiary/aromatic N) is 1. The molecule has 3 nitrogen and oxygen atoms in total. The molecule has 0 amide bonds. The SMILES string of the molecule is O=C1/C(=N\Nc2c(Cl)cc(Cl)cc2Cl)c2cccc3cccc1c23. The highest BCUT2D eigenvalue weighted by Gasteiger charge is 2.28. The van der Waals surface area contributed by atoms with Gasteiger partial charge in [-0.05, 0) is 17.5 Å². The summed E-state index contributed by atoms with van der Waals surface area (Å²) < 4.78 is 0. The number of anilines is 1. The minimum atomic E-state index is -0.129. The predicted molar refractivity (Wildman–Crippen MR) is 99.9 cm³/mol. The summed E-state index contributed by atoms with van der Waals surface area (Å²) in [7, 11) is 0. The van der Waals surface area contributed by atoms with E-state index in [0.29, 0.717) is 32.0 Å². The van der Waals surface area contributed by atoms with Crippen molar-refractivity contribution in [2.24, 2.45) is 5.10 Å². The second-order valence-electron chi connectivity index (χ2n) is 5.36. The van der Waals surface area contributed by atoms with Crippen LogP contribution in [0.5, 0.6) is 0 Å². The molecule has 118 valence electrons. The number of Topliss-reactive ketones (excluding diaryl/α,β-unsaturated/α-hetero) is 1. The summed E-state index contributed by atoms with van der Waals surface area (Å²) in [6.45, 7) is 0. The normalized spacial score (nSPS) is 14.6. The molecule has 3 aromatic rings. The standard InChI is InChI=1S/C18H9Cl3N2O/c19-10-7-13(20)17(14(21)8-10)23-22-16-11-5-1-3-9-4-2-6-12(15(9)11)18(16)24/h1-8,23H/b22-16-. The highest BCUT2D eigenvalue weighted by atomic mass is 35.5. The first-order chi connectivity index (χ1) is 11.6. The van der Waals surface area contributed by atoms with Gasteiger partial charge in [-0.1, -0.05) is 71.2 Å². The number of halogens is 3. The molecule has 3 aromatic carbocycles. The number of ketones is 1. The summed E-state index contributed by atoms with van der Waals surface area (Å²) in [4.78, 5) is 12.7. The maximum absolute atomic E-state index is 12.7. The third-order valence-corrected chi connectivity index (χ3v) is 4.72. The van der Waals surface area contributed by atoms with Crippen LogP contribution in [0.25, 0.3) is 10.8 Å². The number of carbonyl (C=O) groups excluding carboxylic acids is 1. The Morgan fingerprint density at radius 1 is 0.875 bits per heavy atom. The van der Waals surface area contributed by atoms with E-state index in [0.717, 1.165) is 16.3 Å². The largest absolute Gasteiger partial charge is 0.287 e. The Hall–Kier alpha value is -2.07. The topological polar surface area (TPSA) is 41.5 Å². The van der Waals surface area contributed by atoms with E-state index in [1.54, 1.807) is 18.2 Å². The Morgan fingerprint density at radius 2 is 1.50 bits per heavy atom. The van der Waals surface area contributed by atoms with Gasteiger partial charge in [0.1, 0.15) is 5.71 Å². The van der Waals surface area contributed by atoms with Gasteiger partial charge in [-0.15, -0.1) is 0 Å². The average Bonchev–Trinajstić information content (AvgIpc) is 2.82. The first-order valence-corrected chi connectivity index (χ1v) is 8.24. The van der Waals surface area contributed by atoms with Gasteiger partial charge in [0.2, 0.25) is 5.78 Å². The van der Waals surface area contributed by atoms with E-state index in [1.807, 2.05) is 30.3 Å². The number of carbonyl (C=O) groups is 1. The molecule has 1 N–H and O–H groups in total. The minimum Gasteiger partial charge on any atom is -0.287 e. The van der Waals surface area contributed by atoms with E-state index in [4.69, 9.17) is 34.8 Å². The van der Waals surface area contributed by atoms with E-state index in [2.05, 4.69) is 10.5 Å². The van der Waals surface area contributed by atoms with Gasteiger partial charge in [0.15, 0.2) is 0 Å². The first-order valence-electron chi connectivity index (χ1n) is 7.11. The van der Waals surface area contributed by atoms with Crippen molar-refractivity contribution in [2.75, 3.05) is 5.43 Å². The lowest BCUT2D eigenvalue weighted by atomic mass is 10.1. The molecule has 0 fully saturated rings. The Kier molecular flexibility index (Phi) is 3.72. The number of hydrazone groups is 1. The van der Waals surface area contributed by atoms with Crippen molar-refractivity contribution in [3.63, 3.8) is 0 Å². The molecule has 0 saturated carbocycles. The first kappa shape index (κ1) is 15.5. The molecule has 0 heterocycles. The van der Waals surface area contributed by atoms with E-state index >= 15 is 0 Å². The number of rotatable bonds is 2. The molecule has 0 atom stereocenters. The summed E-state index contributed by atoms with van der Waals surface area (Å²) in [6.07, 6.45) is 0. The molecule has 6 heteroatoms. The molecule has 0 unspecified atom stereocenters. The van der Waals surface area contributed by atoms with Gasteiger partial charge in [-0.25, -0.2) is 0 Å². The van der Waals surface area contributed by atoms with Crippen molar-refractivity contribution < 1.29 is 4.79 Å². The van der Waals surface area contributed by atoms with Crippen molar-refractivity contribution in [1.82, 2.24) is 0 Å². The number of hydrogen-bond donors (Lipinski definition) is 1. The van der Waals surface area contributed by atoms with Gasteiger partial charge >= 0.3 is 0 Å². The molecule has 0 radical (unpaired) electrons. The van der Waals surface area contributed by atoms with Crippen molar-refractivity contribution in [3.05, 3.63) is 74.7 Å². The van der Waals surface area contributed by atoms with Crippen molar-refractivity contribution in [1.29, 1.82) is 0 Å². The summed E-state index contributed by atoms with van der Waals surface area (Å²) in [5, 5.41) is 7.28. The monoisotopic (exact) mass is 374 g/mol. The van der Waals surface area contributed by atoms with Crippen molar-refractivity contribution in [3.8, 4) is 0 Å². The summed E-state index contributed by atoms with van der Waals surface area (Å²) >= 11 is 18.2. The lowest BCUT2D eigenvalue weighted by Gasteiger charge is -2.07. The zero-order valence-electron chi connectivity index (χ0n) is 12.1. The number of benzene rings is 3. The molecule has 24 heavy (non-hydrogen) atoms. The lowest BCUT2D eigenvalue weighted by molar-refractivity contribution is 0.107. The number of hydrogen-bond acceptors (Lipinski definition) is 3. The third-order valence-electron chi connectivity index (χ3n) is 3.91. The van der Waals surface area contributed by atoms with E-state index in [1.165, 1.54) is 0 Å². The van der Waals surface area contributed by atoms with E-state index in [-0.39, 0.29) is 5.78 Å². The maximum Gasteiger partial charge on any atom is 0.214 e. The second-order valence-corrected chi connectivity index (χ2v) is 6.61. The van der Waals surface area contributed by atoms with Gasteiger partial charge in [0, 0.05) is 21.5 Å². The zero-order valence-corrected chi connectivity index (χ0v) is 14.4. The highest BCUT2D eigenvalue weighted by Crippen LogP contribution is 2.35. The fourth-order valence-corrected chi connectivity index (χ4v) is 3.75. The average molecular weight is 376 g/mol. The van der Waals surface area contributed by atoms with Gasteiger partial charge in [0.05, 0.1) is 15.7 Å². The lowest BCUT2D eigenvalue weighted by Crippen LogP contribution is -2.11. The highest BCUT2D eigenvalue weighted by molar-refractivity contribution is 6.59. The van der Waals surface area contributed by atoms with Crippen molar-refractivity contribution >= 4 is 62.8 Å².